The summed E-state index contributed by atoms with van der Waals surface area (Å²) in [5, 5.41) is 8.15. The van der Waals surface area contributed by atoms with E-state index < -0.39 is 0 Å². The molecule has 1 fully saturated rings. The quantitative estimate of drug-likeness (QED) is 0.772. The van der Waals surface area contributed by atoms with E-state index in [1.807, 2.05) is 6.92 Å². The highest BCUT2D eigenvalue weighted by Gasteiger charge is 2.24. The average molecular weight is 363 g/mol. The van der Waals surface area contributed by atoms with Crippen LogP contribution in [0, 0.1) is 18.8 Å². The maximum atomic E-state index is 6.10. The van der Waals surface area contributed by atoms with Gasteiger partial charge in [-0.05, 0) is 61.0 Å². The van der Waals surface area contributed by atoms with Crippen LogP contribution in [0.3, 0.4) is 0 Å². The molecule has 20 heavy (non-hydrogen) atoms. The fourth-order valence-corrected chi connectivity index (χ4v) is 4.00. The molecule has 0 amide bonds. The molecule has 1 saturated carbocycles. The molecule has 0 aromatic carbocycles. The number of hydrogen-bond donors (Lipinski definition) is 1. The van der Waals surface area contributed by atoms with E-state index in [1.165, 1.54) is 31.4 Å². The molecule has 0 saturated heterocycles. The van der Waals surface area contributed by atoms with Gasteiger partial charge < -0.3 is 5.32 Å². The fraction of sp³-hybridized carbons (Fsp3) is 0.800. The molecule has 0 radical (unpaired) electrons. The van der Waals surface area contributed by atoms with Crippen LogP contribution in [0.5, 0.6) is 0 Å². The Morgan fingerprint density at radius 3 is 2.70 bits per heavy atom. The maximum Gasteiger partial charge on any atom is 0.0739 e. The van der Waals surface area contributed by atoms with E-state index >= 15 is 0 Å². The van der Waals surface area contributed by atoms with Crippen LogP contribution >= 0.6 is 27.5 Å². The van der Waals surface area contributed by atoms with Crippen LogP contribution in [0.15, 0.2) is 4.47 Å². The Morgan fingerprint density at radius 1 is 1.35 bits per heavy atom. The first-order valence-electron chi connectivity index (χ1n) is 7.65. The van der Waals surface area contributed by atoms with Crippen LogP contribution in [-0.2, 0) is 13.1 Å². The monoisotopic (exact) mass is 361 g/mol. The van der Waals surface area contributed by atoms with E-state index in [-0.39, 0.29) is 0 Å². The molecule has 0 bridgehead atoms. The maximum absolute atomic E-state index is 6.10. The van der Waals surface area contributed by atoms with Gasteiger partial charge in [0.2, 0.25) is 0 Å². The molecule has 1 N–H and O–H groups in total. The van der Waals surface area contributed by atoms with Gasteiger partial charge in [0.1, 0.15) is 0 Å². The molecule has 0 spiro atoms. The minimum Gasteiger partial charge on any atom is -0.311 e. The lowest BCUT2D eigenvalue weighted by Crippen LogP contribution is -2.31. The van der Waals surface area contributed by atoms with E-state index in [9.17, 15) is 0 Å². The summed E-state index contributed by atoms with van der Waals surface area (Å²) in [5.74, 6) is 2.24. The highest BCUT2D eigenvalue weighted by atomic mass is 79.9. The van der Waals surface area contributed by atoms with Crippen molar-refractivity contribution in [1.82, 2.24) is 15.1 Å². The molecule has 1 aliphatic rings. The van der Waals surface area contributed by atoms with Crippen molar-refractivity contribution in [1.29, 1.82) is 0 Å². The predicted octanol–water partition coefficient (Wildman–Crippen LogP) is 4.11. The van der Waals surface area contributed by atoms with Crippen molar-refractivity contribution < 1.29 is 0 Å². The Balaban J connectivity index is 1.89. The van der Waals surface area contributed by atoms with Gasteiger partial charge >= 0.3 is 0 Å². The number of halogens is 2. The summed E-state index contributed by atoms with van der Waals surface area (Å²) >= 11 is 9.75. The number of aryl methyl sites for hydroxylation is 2. The zero-order valence-electron chi connectivity index (χ0n) is 12.5. The SMILES string of the molecule is CCn1nc(C)c(Br)c1CNCC1CCCCC1CCl. The third kappa shape index (κ3) is 3.77. The van der Waals surface area contributed by atoms with Crippen LogP contribution in [0.4, 0.5) is 0 Å². The molecule has 1 heterocycles. The lowest BCUT2D eigenvalue weighted by atomic mass is 9.80. The van der Waals surface area contributed by atoms with E-state index in [2.05, 4.69) is 38.0 Å². The third-order valence-corrected chi connectivity index (χ3v) is 5.84. The van der Waals surface area contributed by atoms with Crippen LogP contribution in [0.25, 0.3) is 0 Å². The summed E-state index contributed by atoms with van der Waals surface area (Å²) in [6, 6.07) is 0. The lowest BCUT2D eigenvalue weighted by Gasteiger charge is -2.30. The summed E-state index contributed by atoms with van der Waals surface area (Å²) in [7, 11) is 0. The van der Waals surface area contributed by atoms with Gasteiger partial charge in [-0.1, -0.05) is 12.8 Å². The Kier molecular flexibility index (Phi) is 6.37. The Hall–Kier alpha value is -0.0600. The molecule has 0 aliphatic heterocycles. The number of nitrogens with zero attached hydrogens (tertiary/aromatic N) is 2. The molecular weight excluding hydrogens is 338 g/mol. The Bertz CT molecular complexity index is 433. The van der Waals surface area contributed by atoms with Gasteiger partial charge in [-0.25, -0.2) is 0 Å². The molecule has 2 rings (SSSR count). The number of aromatic nitrogens is 2. The molecule has 1 aliphatic carbocycles. The second kappa shape index (κ2) is 7.81. The molecule has 114 valence electrons. The van der Waals surface area contributed by atoms with Gasteiger partial charge in [-0.2, -0.15) is 5.10 Å². The molecule has 2 atom stereocenters. The summed E-state index contributed by atoms with van der Waals surface area (Å²) in [5.41, 5.74) is 2.32. The van der Waals surface area contributed by atoms with Gasteiger partial charge in [0.15, 0.2) is 0 Å². The van der Waals surface area contributed by atoms with Crippen molar-refractivity contribution in [3.8, 4) is 0 Å². The second-order valence-corrected chi connectivity index (χ2v) is 6.85. The van der Waals surface area contributed by atoms with Crippen LogP contribution in [-0.4, -0.2) is 22.2 Å². The van der Waals surface area contributed by atoms with Gasteiger partial charge in [0.05, 0.1) is 15.9 Å². The summed E-state index contributed by atoms with van der Waals surface area (Å²) < 4.78 is 3.22. The van der Waals surface area contributed by atoms with E-state index in [1.54, 1.807) is 0 Å². The average Bonchev–Trinajstić information content (AvgIpc) is 2.75. The number of nitrogens with one attached hydrogen (secondary N) is 1. The van der Waals surface area contributed by atoms with Crippen LogP contribution in [0.1, 0.15) is 44.0 Å². The first kappa shape index (κ1) is 16.3. The van der Waals surface area contributed by atoms with Crippen LogP contribution < -0.4 is 5.32 Å². The fourth-order valence-electron chi connectivity index (χ4n) is 3.17. The predicted molar refractivity (Wildman–Crippen MR) is 88.2 cm³/mol. The lowest BCUT2D eigenvalue weighted by molar-refractivity contribution is 0.250. The minimum atomic E-state index is 0.694. The van der Waals surface area contributed by atoms with Gasteiger partial charge in [0.25, 0.3) is 0 Å². The Morgan fingerprint density at radius 2 is 2.05 bits per heavy atom. The smallest absolute Gasteiger partial charge is 0.0739 e. The number of hydrogen-bond acceptors (Lipinski definition) is 2. The minimum absolute atomic E-state index is 0.694. The number of alkyl halides is 1. The topological polar surface area (TPSA) is 29.9 Å². The van der Waals surface area contributed by atoms with Crippen molar-refractivity contribution in [3.63, 3.8) is 0 Å². The first-order chi connectivity index (χ1) is 9.67. The van der Waals surface area contributed by atoms with Crippen molar-refractivity contribution >= 4 is 27.5 Å². The van der Waals surface area contributed by atoms with Gasteiger partial charge in [0, 0.05) is 19.0 Å². The van der Waals surface area contributed by atoms with Crippen molar-refractivity contribution in [3.05, 3.63) is 15.9 Å². The highest BCUT2D eigenvalue weighted by Crippen LogP contribution is 2.30. The van der Waals surface area contributed by atoms with E-state index in [0.717, 1.165) is 41.6 Å². The normalized spacial score (nSPS) is 23.2. The largest absolute Gasteiger partial charge is 0.311 e. The van der Waals surface area contributed by atoms with Crippen molar-refractivity contribution in [2.75, 3.05) is 12.4 Å². The van der Waals surface area contributed by atoms with Crippen LogP contribution in [0.2, 0.25) is 0 Å². The third-order valence-electron chi connectivity index (χ3n) is 4.42. The van der Waals surface area contributed by atoms with Crippen molar-refractivity contribution in [2.24, 2.45) is 11.8 Å². The molecular formula is C15H25BrClN3. The molecule has 3 nitrogen and oxygen atoms in total. The Labute approximate surface area is 135 Å². The number of rotatable bonds is 6. The van der Waals surface area contributed by atoms with Crippen molar-refractivity contribution in [2.45, 2.75) is 52.6 Å². The van der Waals surface area contributed by atoms with E-state index in [4.69, 9.17) is 11.6 Å². The van der Waals surface area contributed by atoms with Gasteiger partial charge in [-0.3, -0.25) is 4.68 Å². The first-order valence-corrected chi connectivity index (χ1v) is 8.98. The summed E-state index contributed by atoms with van der Waals surface area (Å²) in [4.78, 5) is 0. The molecule has 2 unspecified atom stereocenters. The zero-order valence-corrected chi connectivity index (χ0v) is 14.8. The standard InChI is InChI=1S/C15H25BrClN3/c1-3-20-14(15(16)11(2)19-20)10-18-9-13-7-5-4-6-12(13)8-17/h12-13,18H,3-10H2,1-2H3. The summed E-state index contributed by atoms with van der Waals surface area (Å²) in [6.07, 6.45) is 5.32. The summed E-state index contributed by atoms with van der Waals surface area (Å²) in [6.45, 7) is 7.03. The zero-order chi connectivity index (χ0) is 14.5. The van der Waals surface area contributed by atoms with Gasteiger partial charge in [-0.15, -0.1) is 11.6 Å². The highest BCUT2D eigenvalue weighted by molar-refractivity contribution is 9.10. The van der Waals surface area contributed by atoms with E-state index in [0.29, 0.717) is 5.92 Å². The molecule has 1 aromatic heterocycles. The molecule has 1 aromatic rings. The second-order valence-electron chi connectivity index (χ2n) is 5.75. The molecule has 5 heteroatoms.